The molecule has 8 heavy (non-hydrogen) atoms. The summed E-state index contributed by atoms with van der Waals surface area (Å²) in [5, 5.41) is 0. The van der Waals surface area contributed by atoms with E-state index in [1.165, 1.54) is 0 Å². The van der Waals surface area contributed by atoms with Crippen LogP contribution >= 0.6 is 0 Å². The van der Waals surface area contributed by atoms with E-state index in [2.05, 4.69) is 7.18 Å². The monoisotopic (exact) mass is 134 g/mol. The van der Waals surface area contributed by atoms with Crippen molar-refractivity contribution in [1.29, 1.82) is 0 Å². The zero-order valence-corrected chi connectivity index (χ0v) is 3.67. The summed E-state index contributed by atoms with van der Waals surface area (Å²) in [7, 11) is 3.00. The number of rotatable bonds is 0. The molecule has 0 amide bonds. The highest BCUT2D eigenvalue weighted by atomic mass is 19.4. The van der Waals surface area contributed by atoms with Gasteiger partial charge in [0.25, 0.3) is 0 Å². The minimum Gasteiger partial charge on any atom is -0.241 e. The Kier molecular flexibility index (Phi) is 6.36. The van der Waals surface area contributed by atoms with Gasteiger partial charge in [0.05, 0.1) is 0 Å². The highest BCUT2D eigenvalue weighted by molar-refractivity contribution is 4.39. The average molecular weight is 134 g/mol. The minimum absolute atomic E-state index is 2.23. The van der Waals surface area contributed by atoms with E-state index in [4.69, 9.17) is 4.39 Å². The molecular formula is C3H3F5. The maximum absolute atomic E-state index is 10.4. The molecule has 0 rings (SSSR count). The fourth-order valence-corrected chi connectivity index (χ4v) is 0. The third-order valence-corrected chi connectivity index (χ3v) is 0.152. The van der Waals surface area contributed by atoms with Gasteiger partial charge in [-0.15, -0.1) is 0 Å². The number of alkyl halides is 4. The second-order valence-electron chi connectivity index (χ2n) is 0.749. The van der Waals surface area contributed by atoms with E-state index in [1.807, 2.05) is 0 Å². The van der Waals surface area contributed by atoms with Gasteiger partial charge in [-0.2, -0.15) is 13.2 Å². The van der Waals surface area contributed by atoms with Gasteiger partial charge in [0.1, 0.15) is 0 Å². The summed E-state index contributed by atoms with van der Waals surface area (Å²) >= 11 is 0. The molecule has 50 valence electrons. The molecule has 0 fully saturated rings. The molecule has 5 heteroatoms. The smallest absolute Gasteiger partial charge is 0.241 e. The molecule has 0 N–H and O–H groups in total. The van der Waals surface area contributed by atoms with Crippen LogP contribution in [0.5, 0.6) is 0 Å². The summed E-state index contributed by atoms with van der Waals surface area (Å²) < 4.78 is 50.6. The Morgan fingerprint density at radius 3 is 1.25 bits per heavy atom. The fraction of sp³-hybridized carbons (Fsp3) is 0.667. The van der Waals surface area contributed by atoms with Gasteiger partial charge in [-0.1, -0.05) is 0 Å². The Hall–Kier alpha value is -0.350. The standard InChI is InChI=1S/C2H2F4.CHF/c3-1-2(4,5)6;1-2/h1H2;1H. The zero-order valence-electron chi connectivity index (χ0n) is 3.67. The number of halogens is 5. The predicted octanol–water partition coefficient (Wildman–Crippen LogP) is 2.14. The zero-order chi connectivity index (χ0) is 7.21. The summed E-state index contributed by atoms with van der Waals surface area (Å²) in [5.41, 5.74) is 0. The van der Waals surface area contributed by atoms with Crippen LogP contribution in [0.4, 0.5) is 22.0 Å². The first-order valence-corrected chi connectivity index (χ1v) is 1.41. The van der Waals surface area contributed by atoms with Gasteiger partial charge in [-0.3, -0.25) is 0 Å². The lowest BCUT2D eigenvalue weighted by molar-refractivity contribution is -0.142. The molecule has 0 aliphatic heterocycles. The van der Waals surface area contributed by atoms with E-state index >= 15 is 0 Å². The maximum Gasteiger partial charge on any atom is 0.416 e. The van der Waals surface area contributed by atoms with Gasteiger partial charge in [0.2, 0.25) is 0 Å². The van der Waals surface area contributed by atoms with Crippen LogP contribution in [0.3, 0.4) is 0 Å². The van der Waals surface area contributed by atoms with Crippen molar-refractivity contribution in [2.45, 2.75) is 6.18 Å². The van der Waals surface area contributed by atoms with Gasteiger partial charge >= 0.3 is 6.18 Å². The normalized spacial score (nSPS) is 9.75. The topological polar surface area (TPSA) is 0 Å². The molecule has 0 aliphatic carbocycles. The van der Waals surface area contributed by atoms with Gasteiger partial charge in [-0.25, -0.2) is 8.78 Å². The van der Waals surface area contributed by atoms with Crippen LogP contribution in [0.15, 0.2) is 0 Å². The third kappa shape index (κ3) is 17.4. The van der Waals surface area contributed by atoms with Crippen molar-refractivity contribution in [3.63, 3.8) is 0 Å². The van der Waals surface area contributed by atoms with E-state index in [0.29, 0.717) is 0 Å². The lowest BCUT2D eigenvalue weighted by atomic mass is 10.8. The molecule has 0 nitrogen and oxygen atoms in total. The Morgan fingerprint density at radius 2 is 1.25 bits per heavy atom. The largest absolute Gasteiger partial charge is 0.416 e. The minimum atomic E-state index is -4.62. The van der Waals surface area contributed by atoms with Gasteiger partial charge in [0, 0.05) is 0 Å². The fourth-order valence-electron chi connectivity index (χ4n) is 0. The van der Waals surface area contributed by atoms with Crippen molar-refractivity contribution < 1.29 is 22.0 Å². The van der Waals surface area contributed by atoms with Crippen molar-refractivity contribution in [3.05, 3.63) is 7.18 Å². The molecule has 0 aromatic rings. The molecule has 0 aromatic heterocycles. The van der Waals surface area contributed by atoms with Crippen LogP contribution in [0.25, 0.3) is 0 Å². The molecule has 0 bridgehead atoms. The quantitative estimate of drug-likeness (QED) is 0.445. The Bertz CT molecular complexity index is 37.4. The maximum atomic E-state index is 10.4. The van der Waals surface area contributed by atoms with Crippen LogP contribution in [0.2, 0.25) is 0 Å². The Morgan fingerprint density at radius 1 is 1.12 bits per heavy atom. The molecule has 0 saturated heterocycles. The molecule has 0 aromatic carbocycles. The molecule has 0 heterocycles. The van der Waals surface area contributed by atoms with Crippen LogP contribution < -0.4 is 0 Å². The van der Waals surface area contributed by atoms with Crippen LogP contribution in [-0.4, -0.2) is 12.9 Å². The third-order valence-electron chi connectivity index (χ3n) is 0.152. The van der Waals surface area contributed by atoms with Gasteiger partial charge < -0.3 is 0 Å². The van der Waals surface area contributed by atoms with Crippen molar-refractivity contribution in [3.8, 4) is 0 Å². The van der Waals surface area contributed by atoms with Gasteiger partial charge in [-0.05, 0) is 0 Å². The van der Waals surface area contributed by atoms with Crippen LogP contribution in [0, 0.1) is 7.18 Å². The Balaban J connectivity index is 0. The first-order valence-electron chi connectivity index (χ1n) is 1.41. The summed E-state index contributed by atoms with van der Waals surface area (Å²) in [6, 6.07) is 0. The van der Waals surface area contributed by atoms with Crippen molar-refractivity contribution in [1.82, 2.24) is 0 Å². The summed E-state index contributed by atoms with van der Waals surface area (Å²) in [4.78, 5) is 0. The van der Waals surface area contributed by atoms with Crippen LogP contribution in [-0.2, 0) is 0 Å². The second-order valence-corrected chi connectivity index (χ2v) is 0.749. The van der Waals surface area contributed by atoms with E-state index in [9.17, 15) is 17.6 Å². The van der Waals surface area contributed by atoms with E-state index < -0.39 is 12.9 Å². The average Bonchev–Trinajstić information content (AvgIpc) is 1.71. The Labute approximate surface area is 43.3 Å². The predicted molar refractivity (Wildman–Crippen MR) is 17.4 cm³/mol. The molecule has 0 unspecified atom stereocenters. The first kappa shape index (κ1) is 10.6. The molecule has 0 spiro atoms. The molecule has 0 atom stereocenters. The van der Waals surface area contributed by atoms with E-state index in [1.54, 1.807) is 0 Å². The van der Waals surface area contributed by atoms with Crippen molar-refractivity contribution >= 4 is 0 Å². The van der Waals surface area contributed by atoms with Crippen LogP contribution in [0.1, 0.15) is 0 Å². The van der Waals surface area contributed by atoms with E-state index in [-0.39, 0.29) is 0 Å². The summed E-state index contributed by atoms with van der Waals surface area (Å²) in [6.45, 7) is -2.23. The van der Waals surface area contributed by atoms with Crippen molar-refractivity contribution in [2.75, 3.05) is 6.67 Å². The number of hydrogen-bond donors (Lipinski definition) is 0. The molecule has 0 saturated carbocycles. The highest BCUT2D eigenvalue weighted by Crippen LogP contribution is 2.13. The number of hydrogen-bond acceptors (Lipinski definition) is 0. The first-order chi connectivity index (χ1) is 3.56. The summed E-state index contributed by atoms with van der Waals surface area (Å²) in [5.74, 6) is 0. The lowest BCUT2D eigenvalue weighted by Crippen LogP contribution is -2.08. The molecule has 0 aliphatic rings. The summed E-state index contributed by atoms with van der Waals surface area (Å²) in [6.07, 6.45) is -4.62. The van der Waals surface area contributed by atoms with E-state index in [0.717, 1.165) is 0 Å². The highest BCUT2D eigenvalue weighted by Gasteiger charge is 2.26. The van der Waals surface area contributed by atoms with Crippen molar-refractivity contribution in [2.24, 2.45) is 0 Å². The molecule has 2 radical (unpaired) electrons. The second kappa shape index (κ2) is 4.80. The molecular weight excluding hydrogens is 131 g/mol. The van der Waals surface area contributed by atoms with Gasteiger partial charge in [0.15, 0.2) is 13.9 Å². The SMILES string of the molecule is FCC(F)(F)F.[CH]F. The lowest BCUT2D eigenvalue weighted by Gasteiger charge is -1.93.